The van der Waals surface area contributed by atoms with Crippen LogP contribution in [-0.2, 0) is 0 Å². The van der Waals surface area contributed by atoms with Gasteiger partial charge in [-0.25, -0.2) is 0 Å². The molecule has 100 valence electrons. The number of nitrogens with two attached hydrogens (primary N) is 1. The highest BCUT2D eigenvalue weighted by atomic mass is 16.5. The largest absolute Gasteiger partial charge is 0.491 e. The third-order valence-electron chi connectivity index (χ3n) is 3.90. The van der Waals surface area contributed by atoms with Crippen LogP contribution in [0.2, 0.25) is 0 Å². The van der Waals surface area contributed by atoms with Crippen LogP contribution in [-0.4, -0.2) is 17.8 Å². The van der Waals surface area contributed by atoms with Crippen LogP contribution < -0.4 is 10.5 Å². The highest BCUT2D eigenvalue weighted by molar-refractivity contribution is 5.30. The second kappa shape index (κ2) is 5.29. The van der Waals surface area contributed by atoms with Crippen molar-refractivity contribution in [3.8, 4) is 5.75 Å². The summed E-state index contributed by atoms with van der Waals surface area (Å²) >= 11 is 0. The minimum atomic E-state index is -0.454. The fourth-order valence-corrected chi connectivity index (χ4v) is 2.57. The van der Waals surface area contributed by atoms with Gasteiger partial charge in [0.2, 0.25) is 0 Å². The summed E-state index contributed by atoms with van der Waals surface area (Å²) in [5.74, 6) is 0.844. The molecule has 1 saturated carbocycles. The lowest BCUT2D eigenvalue weighted by Gasteiger charge is -2.44. The average Bonchev–Trinajstić information content (AvgIpc) is 2.28. The second-order valence-electron chi connectivity index (χ2n) is 5.56. The molecule has 0 amide bonds. The number of ether oxygens (including phenoxy) is 1. The van der Waals surface area contributed by atoms with E-state index in [-0.39, 0.29) is 11.5 Å². The van der Waals surface area contributed by atoms with Gasteiger partial charge in [-0.2, -0.15) is 0 Å². The zero-order valence-electron chi connectivity index (χ0n) is 11.2. The van der Waals surface area contributed by atoms with Gasteiger partial charge in [0.1, 0.15) is 5.75 Å². The molecule has 1 aliphatic carbocycles. The van der Waals surface area contributed by atoms with Gasteiger partial charge < -0.3 is 15.6 Å². The van der Waals surface area contributed by atoms with Crippen molar-refractivity contribution in [1.82, 2.24) is 0 Å². The highest BCUT2D eigenvalue weighted by Gasteiger charge is 2.42. The van der Waals surface area contributed by atoms with Crippen LogP contribution in [0.1, 0.15) is 44.8 Å². The molecule has 0 saturated heterocycles. The molecule has 1 fully saturated rings. The number of hydrogen-bond donors (Lipinski definition) is 2. The molecule has 0 heterocycles. The van der Waals surface area contributed by atoms with Crippen molar-refractivity contribution in [3.63, 3.8) is 0 Å². The Morgan fingerprint density at radius 2 is 1.89 bits per heavy atom. The molecule has 0 aromatic heterocycles. The molecule has 2 rings (SSSR count). The lowest BCUT2D eigenvalue weighted by molar-refractivity contribution is -0.0297. The normalized spacial score (nSPS) is 19.4. The molecule has 3 N–H and O–H groups in total. The third kappa shape index (κ3) is 2.52. The Bertz CT molecular complexity index is 376. The number of hydrogen-bond acceptors (Lipinski definition) is 3. The highest BCUT2D eigenvalue weighted by Crippen LogP contribution is 2.49. The van der Waals surface area contributed by atoms with Crippen LogP contribution in [0.4, 0.5) is 0 Å². The van der Waals surface area contributed by atoms with Crippen molar-refractivity contribution < 1.29 is 9.84 Å². The minimum absolute atomic E-state index is 0.0968. The fraction of sp³-hybridized carbons (Fsp3) is 0.600. The van der Waals surface area contributed by atoms with Crippen molar-refractivity contribution in [2.45, 2.75) is 45.3 Å². The van der Waals surface area contributed by atoms with E-state index in [0.29, 0.717) is 6.54 Å². The Morgan fingerprint density at radius 1 is 1.28 bits per heavy atom. The molecule has 1 aromatic carbocycles. The van der Waals surface area contributed by atoms with Crippen LogP contribution in [0.25, 0.3) is 0 Å². The molecule has 1 aliphatic rings. The Morgan fingerprint density at radius 3 is 2.28 bits per heavy atom. The Kier molecular flexibility index (Phi) is 3.93. The van der Waals surface area contributed by atoms with E-state index in [1.807, 2.05) is 38.1 Å². The topological polar surface area (TPSA) is 55.5 Å². The van der Waals surface area contributed by atoms with Gasteiger partial charge in [-0.15, -0.1) is 0 Å². The quantitative estimate of drug-likeness (QED) is 0.843. The van der Waals surface area contributed by atoms with Gasteiger partial charge >= 0.3 is 0 Å². The molecule has 1 aromatic rings. The van der Waals surface area contributed by atoms with Crippen molar-refractivity contribution in [2.75, 3.05) is 6.54 Å². The summed E-state index contributed by atoms with van der Waals surface area (Å²) in [5, 5.41) is 10.4. The molecule has 1 atom stereocenters. The second-order valence-corrected chi connectivity index (χ2v) is 5.56. The maximum Gasteiger partial charge on any atom is 0.119 e. The predicted octanol–water partition coefficient (Wildman–Crippen LogP) is 2.64. The lowest BCUT2D eigenvalue weighted by atomic mass is 9.63. The smallest absolute Gasteiger partial charge is 0.119 e. The molecular weight excluding hydrogens is 226 g/mol. The summed E-state index contributed by atoms with van der Waals surface area (Å²) in [5.41, 5.74) is 6.66. The van der Waals surface area contributed by atoms with E-state index in [1.54, 1.807) is 0 Å². The standard InChI is InChI=1S/C15H23NO2/c1-11(2)18-13-6-4-12(5-7-13)14(17)15(10-16)8-3-9-15/h4-7,11,14,17H,3,8-10,16H2,1-2H3. The van der Waals surface area contributed by atoms with E-state index in [1.165, 1.54) is 6.42 Å². The van der Waals surface area contributed by atoms with E-state index < -0.39 is 6.10 Å². The molecule has 3 nitrogen and oxygen atoms in total. The Balaban J connectivity index is 2.09. The van der Waals surface area contributed by atoms with Gasteiger partial charge in [-0.1, -0.05) is 18.6 Å². The van der Waals surface area contributed by atoms with Crippen molar-refractivity contribution in [2.24, 2.45) is 11.1 Å². The maximum absolute atomic E-state index is 10.4. The molecule has 0 aliphatic heterocycles. The molecular formula is C15H23NO2. The number of aliphatic hydroxyl groups is 1. The molecule has 0 spiro atoms. The van der Waals surface area contributed by atoms with Crippen molar-refractivity contribution in [3.05, 3.63) is 29.8 Å². The Hall–Kier alpha value is -1.06. The van der Waals surface area contributed by atoms with E-state index >= 15 is 0 Å². The average molecular weight is 249 g/mol. The van der Waals surface area contributed by atoms with Gasteiger partial charge in [0, 0.05) is 12.0 Å². The van der Waals surface area contributed by atoms with Gasteiger partial charge in [-0.05, 0) is 44.4 Å². The van der Waals surface area contributed by atoms with Crippen molar-refractivity contribution >= 4 is 0 Å². The van der Waals surface area contributed by atoms with Crippen molar-refractivity contribution in [1.29, 1.82) is 0 Å². The van der Waals surface area contributed by atoms with E-state index in [0.717, 1.165) is 24.2 Å². The van der Waals surface area contributed by atoms with Gasteiger partial charge in [0.05, 0.1) is 12.2 Å². The summed E-state index contributed by atoms with van der Waals surface area (Å²) in [6.07, 6.45) is 2.93. The summed E-state index contributed by atoms with van der Waals surface area (Å²) < 4.78 is 5.59. The van der Waals surface area contributed by atoms with E-state index in [4.69, 9.17) is 10.5 Å². The summed E-state index contributed by atoms with van der Waals surface area (Å²) in [4.78, 5) is 0. The number of benzene rings is 1. The molecule has 3 heteroatoms. The van der Waals surface area contributed by atoms with E-state index in [2.05, 4.69) is 0 Å². The summed E-state index contributed by atoms with van der Waals surface area (Å²) in [7, 11) is 0. The fourth-order valence-electron chi connectivity index (χ4n) is 2.57. The first-order chi connectivity index (χ1) is 8.57. The molecule has 1 unspecified atom stereocenters. The van der Waals surface area contributed by atoms with Crippen LogP contribution in [0.5, 0.6) is 5.75 Å². The Labute approximate surface area is 109 Å². The van der Waals surface area contributed by atoms with Crippen LogP contribution >= 0.6 is 0 Å². The first kappa shape index (κ1) is 13.4. The zero-order valence-corrected chi connectivity index (χ0v) is 11.2. The molecule has 18 heavy (non-hydrogen) atoms. The number of rotatable bonds is 5. The van der Waals surface area contributed by atoms with Crippen LogP contribution in [0.15, 0.2) is 24.3 Å². The first-order valence-corrected chi connectivity index (χ1v) is 6.72. The predicted molar refractivity (Wildman–Crippen MR) is 72.5 cm³/mol. The van der Waals surface area contributed by atoms with Crippen LogP contribution in [0.3, 0.4) is 0 Å². The minimum Gasteiger partial charge on any atom is -0.491 e. The monoisotopic (exact) mass is 249 g/mol. The summed E-state index contributed by atoms with van der Waals surface area (Å²) in [6, 6.07) is 7.72. The van der Waals surface area contributed by atoms with Gasteiger partial charge in [0.15, 0.2) is 0 Å². The number of aliphatic hydroxyl groups excluding tert-OH is 1. The molecule has 0 radical (unpaired) electrons. The van der Waals surface area contributed by atoms with Gasteiger partial charge in [0.25, 0.3) is 0 Å². The third-order valence-corrected chi connectivity index (χ3v) is 3.90. The maximum atomic E-state index is 10.4. The van der Waals surface area contributed by atoms with Gasteiger partial charge in [-0.3, -0.25) is 0 Å². The SMILES string of the molecule is CC(C)Oc1ccc(C(O)C2(CN)CCC2)cc1. The lowest BCUT2D eigenvalue weighted by Crippen LogP contribution is -2.42. The van der Waals surface area contributed by atoms with Crippen LogP contribution in [0, 0.1) is 5.41 Å². The summed E-state index contributed by atoms with van der Waals surface area (Å²) in [6.45, 7) is 4.56. The first-order valence-electron chi connectivity index (χ1n) is 6.72. The van der Waals surface area contributed by atoms with E-state index in [9.17, 15) is 5.11 Å². The zero-order chi connectivity index (χ0) is 13.2. The molecule has 0 bridgehead atoms.